The third-order valence-electron chi connectivity index (χ3n) is 4.60. The van der Waals surface area contributed by atoms with Crippen LogP contribution in [0.2, 0.25) is 0 Å². The largest absolute Gasteiger partial charge is 0.329 e. The van der Waals surface area contributed by atoms with Gasteiger partial charge < -0.3 is 10.6 Å². The highest BCUT2D eigenvalue weighted by Gasteiger charge is 2.38. The maximum Gasteiger partial charge on any atom is 0.0329 e. The summed E-state index contributed by atoms with van der Waals surface area (Å²) >= 11 is 0. The molecule has 0 bridgehead atoms. The zero-order chi connectivity index (χ0) is 12.9. The molecule has 1 aliphatic rings. The number of nitrogens with two attached hydrogens (primary N) is 1. The predicted molar refractivity (Wildman–Crippen MR) is 75.3 cm³/mol. The summed E-state index contributed by atoms with van der Waals surface area (Å²) in [4.78, 5) is 5.02. The molecule has 0 spiro atoms. The van der Waals surface area contributed by atoms with Gasteiger partial charge in [0.1, 0.15) is 0 Å². The minimum atomic E-state index is 0.265. The Hall–Kier alpha value is -0.120. The van der Waals surface area contributed by atoms with Crippen molar-refractivity contribution in [3.63, 3.8) is 0 Å². The number of likely N-dealkylation sites (tertiary alicyclic amines) is 1. The highest BCUT2D eigenvalue weighted by Crippen LogP contribution is 2.30. The first kappa shape index (κ1) is 14.9. The molecule has 0 amide bonds. The van der Waals surface area contributed by atoms with Gasteiger partial charge in [0.05, 0.1) is 0 Å². The zero-order valence-electron chi connectivity index (χ0n) is 12.2. The lowest BCUT2D eigenvalue weighted by Gasteiger charge is -2.41. The van der Waals surface area contributed by atoms with E-state index in [0.29, 0.717) is 6.04 Å². The zero-order valence-corrected chi connectivity index (χ0v) is 12.2. The fourth-order valence-electron chi connectivity index (χ4n) is 3.03. The summed E-state index contributed by atoms with van der Waals surface area (Å²) in [5, 5.41) is 0. The van der Waals surface area contributed by atoms with E-state index in [0.717, 1.165) is 6.54 Å². The third kappa shape index (κ3) is 3.43. The molecule has 1 rings (SSSR count). The normalized spacial score (nSPS) is 25.4. The van der Waals surface area contributed by atoms with Gasteiger partial charge in [0.25, 0.3) is 0 Å². The van der Waals surface area contributed by atoms with Gasteiger partial charge in [-0.05, 0) is 33.4 Å². The van der Waals surface area contributed by atoms with Crippen LogP contribution in [0, 0.1) is 0 Å². The molecule has 0 radical (unpaired) electrons. The fraction of sp³-hybridized carbons (Fsp3) is 1.00. The Kier molecular flexibility index (Phi) is 5.90. The molecule has 0 aromatic heterocycles. The number of likely N-dealkylation sites (N-methyl/N-ethyl adjacent to an activating group) is 1. The first-order valence-electron chi connectivity index (χ1n) is 7.21. The molecule has 1 fully saturated rings. The summed E-state index contributed by atoms with van der Waals surface area (Å²) in [6.45, 7) is 7.79. The average Bonchev–Trinajstić information content (AvgIpc) is 2.81. The molecule has 102 valence electrons. The van der Waals surface area contributed by atoms with Gasteiger partial charge in [-0.15, -0.1) is 0 Å². The van der Waals surface area contributed by atoms with Gasteiger partial charge in [-0.25, -0.2) is 0 Å². The summed E-state index contributed by atoms with van der Waals surface area (Å²) in [6.07, 6.45) is 6.31. The van der Waals surface area contributed by atoms with Crippen molar-refractivity contribution >= 4 is 0 Å². The van der Waals surface area contributed by atoms with Crippen molar-refractivity contribution in [3.05, 3.63) is 0 Å². The van der Waals surface area contributed by atoms with Crippen molar-refractivity contribution in [1.82, 2.24) is 9.80 Å². The van der Waals surface area contributed by atoms with Gasteiger partial charge in [0.15, 0.2) is 0 Å². The van der Waals surface area contributed by atoms with Gasteiger partial charge in [0, 0.05) is 31.2 Å². The van der Waals surface area contributed by atoms with Crippen molar-refractivity contribution in [1.29, 1.82) is 0 Å². The summed E-state index contributed by atoms with van der Waals surface area (Å²) in [5.74, 6) is 0. The van der Waals surface area contributed by atoms with Crippen LogP contribution < -0.4 is 5.73 Å². The Morgan fingerprint density at radius 2 is 2.06 bits per heavy atom. The van der Waals surface area contributed by atoms with Gasteiger partial charge in [-0.3, -0.25) is 4.90 Å². The van der Waals surface area contributed by atoms with Crippen molar-refractivity contribution in [3.8, 4) is 0 Å². The van der Waals surface area contributed by atoms with Crippen LogP contribution in [0.15, 0.2) is 0 Å². The molecule has 1 saturated heterocycles. The number of rotatable bonds is 7. The highest BCUT2D eigenvalue weighted by atomic mass is 15.3. The second-order valence-corrected chi connectivity index (χ2v) is 5.74. The van der Waals surface area contributed by atoms with Crippen LogP contribution in [0.4, 0.5) is 0 Å². The molecule has 3 nitrogen and oxygen atoms in total. The molecule has 17 heavy (non-hydrogen) atoms. The molecule has 2 unspecified atom stereocenters. The highest BCUT2D eigenvalue weighted by molar-refractivity contribution is 4.96. The lowest BCUT2D eigenvalue weighted by molar-refractivity contribution is 0.0972. The van der Waals surface area contributed by atoms with E-state index >= 15 is 0 Å². The molecular weight excluding hydrogens is 210 g/mol. The van der Waals surface area contributed by atoms with Crippen molar-refractivity contribution in [2.24, 2.45) is 5.73 Å². The second kappa shape index (κ2) is 6.72. The smallest absolute Gasteiger partial charge is 0.0329 e. The molecule has 0 aromatic carbocycles. The molecule has 3 heteroatoms. The van der Waals surface area contributed by atoms with Crippen LogP contribution >= 0.6 is 0 Å². The minimum absolute atomic E-state index is 0.265. The first-order valence-corrected chi connectivity index (χ1v) is 7.21. The second-order valence-electron chi connectivity index (χ2n) is 5.74. The van der Waals surface area contributed by atoms with Crippen molar-refractivity contribution < 1.29 is 0 Å². The maximum absolute atomic E-state index is 6.11. The minimum Gasteiger partial charge on any atom is -0.329 e. The molecule has 1 heterocycles. The Morgan fingerprint density at radius 3 is 2.47 bits per heavy atom. The summed E-state index contributed by atoms with van der Waals surface area (Å²) in [5.41, 5.74) is 6.37. The monoisotopic (exact) mass is 241 g/mol. The fourth-order valence-corrected chi connectivity index (χ4v) is 3.03. The number of hydrogen-bond acceptors (Lipinski definition) is 3. The van der Waals surface area contributed by atoms with Gasteiger partial charge in [0.2, 0.25) is 0 Å². The van der Waals surface area contributed by atoms with Crippen LogP contribution in [-0.4, -0.2) is 55.1 Å². The Labute approximate surface area is 107 Å². The van der Waals surface area contributed by atoms with Crippen molar-refractivity contribution in [2.75, 3.05) is 33.7 Å². The van der Waals surface area contributed by atoms with E-state index in [4.69, 9.17) is 5.73 Å². The number of nitrogens with zero attached hydrogens (tertiary/aromatic N) is 2. The Morgan fingerprint density at radius 1 is 1.35 bits per heavy atom. The summed E-state index contributed by atoms with van der Waals surface area (Å²) < 4.78 is 0. The summed E-state index contributed by atoms with van der Waals surface area (Å²) in [7, 11) is 4.38. The van der Waals surface area contributed by atoms with Crippen molar-refractivity contribution in [2.45, 2.75) is 57.5 Å². The maximum atomic E-state index is 6.11. The lowest BCUT2D eigenvalue weighted by atomic mass is 9.88. The number of unbranched alkanes of at least 4 members (excludes halogenated alkanes) is 1. The van der Waals surface area contributed by atoms with Crippen LogP contribution in [0.25, 0.3) is 0 Å². The van der Waals surface area contributed by atoms with E-state index in [9.17, 15) is 0 Å². The standard InChI is InChI=1S/C14H31N3/c1-5-7-9-14(6-2,12-15)17-10-8-13(11-17)16(3)4/h13H,5-12,15H2,1-4H3. The van der Waals surface area contributed by atoms with E-state index < -0.39 is 0 Å². The molecule has 2 atom stereocenters. The molecular formula is C14H31N3. The number of hydrogen-bond donors (Lipinski definition) is 1. The average molecular weight is 241 g/mol. The van der Waals surface area contributed by atoms with Gasteiger partial charge >= 0.3 is 0 Å². The van der Waals surface area contributed by atoms with E-state index in [1.807, 2.05) is 0 Å². The Balaban J connectivity index is 2.65. The Bertz CT molecular complexity index is 212. The molecule has 0 aliphatic carbocycles. The summed E-state index contributed by atoms with van der Waals surface area (Å²) in [6, 6.07) is 0.717. The quantitative estimate of drug-likeness (QED) is 0.739. The first-order chi connectivity index (χ1) is 8.09. The molecule has 0 saturated carbocycles. The SMILES string of the molecule is CCCCC(CC)(CN)N1CCC(N(C)C)C1. The van der Waals surface area contributed by atoms with E-state index in [2.05, 4.69) is 37.7 Å². The van der Waals surface area contributed by atoms with E-state index in [1.54, 1.807) is 0 Å². The van der Waals surface area contributed by atoms with Crippen LogP contribution in [-0.2, 0) is 0 Å². The van der Waals surface area contributed by atoms with Gasteiger partial charge in [-0.2, -0.15) is 0 Å². The molecule has 2 N–H and O–H groups in total. The molecule has 1 aliphatic heterocycles. The topological polar surface area (TPSA) is 32.5 Å². The van der Waals surface area contributed by atoms with Gasteiger partial charge in [-0.1, -0.05) is 26.7 Å². The lowest BCUT2D eigenvalue weighted by Crippen LogP contribution is -2.53. The van der Waals surface area contributed by atoms with E-state index in [-0.39, 0.29) is 5.54 Å². The predicted octanol–water partition coefficient (Wildman–Crippen LogP) is 1.92. The third-order valence-corrected chi connectivity index (χ3v) is 4.60. The van der Waals surface area contributed by atoms with Crippen LogP contribution in [0.3, 0.4) is 0 Å². The van der Waals surface area contributed by atoms with E-state index in [1.165, 1.54) is 45.2 Å². The van der Waals surface area contributed by atoms with Crippen LogP contribution in [0.1, 0.15) is 46.0 Å². The molecule has 0 aromatic rings. The van der Waals surface area contributed by atoms with Crippen LogP contribution in [0.5, 0.6) is 0 Å².